The van der Waals surface area contributed by atoms with Gasteiger partial charge < -0.3 is 5.32 Å². The van der Waals surface area contributed by atoms with Crippen LogP contribution in [0.4, 0.5) is 0 Å². The molecular formula is C15H22Cl2N2. The molecule has 2 nitrogen and oxygen atoms in total. The number of nitrogens with zero attached hydrogens (tertiary/aromatic N) is 1. The second kappa shape index (κ2) is 6.94. The van der Waals surface area contributed by atoms with Gasteiger partial charge in [-0.2, -0.15) is 0 Å². The lowest BCUT2D eigenvalue weighted by molar-refractivity contribution is 0.177. The molecule has 1 fully saturated rings. The highest BCUT2D eigenvalue weighted by Gasteiger charge is 2.23. The molecule has 0 saturated carbocycles. The van der Waals surface area contributed by atoms with Crippen LogP contribution < -0.4 is 5.32 Å². The molecule has 19 heavy (non-hydrogen) atoms. The highest BCUT2D eigenvalue weighted by atomic mass is 35.5. The number of benzene rings is 1. The van der Waals surface area contributed by atoms with E-state index in [1.54, 1.807) is 0 Å². The normalized spacial score (nSPS) is 19.6. The summed E-state index contributed by atoms with van der Waals surface area (Å²) in [4.78, 5) is 2.53. The molecule has 0 aromatic heterocycles. The van der Waals surface area contributed by atoms with Crippen LogP contribution >= 0.6 is 23.2 Å². The number of rotatable bonds is 5. The van der Waals surface area contributed by atoms with Crippen molar-refractivity contribution in [2.75, 3.05) is 19.6 Å². The van der Waals surface area contributed by atoms with E-state index in [1.807, 2.05) is 12.1 Å². The van der Waals surface area contributed by atoms with Crippen molar-refractivity contribution in [3.8, 4) is 0 Å². The molecule has 1 N–H and O–H groups in total. The summed E-state index contributed by atoms with van der Waals surface area (Å²) >= 11 is 12.4. The first kappa shape index (κ1) is 15.1. The fourth-order valence-electron chi connectivity index (χ4n) is 2.65. The Morgan fingerprint density at radius 3 is 2.79 bits per heavy atom. The summed E-state index contributed by atoms with van der Waals surface area (Å²) in [5.41, 5.74) is 1.13. The van der Waals surface area contributed by atoms with Gasteiger partial charge >= 0.3 is 0 Å². The third-order valence-corrected chi connectivity index (χ3v) is 4.41. The van der Waals surface area contributed by atoms with E-state index in [4.69, 9.17) is 23.2 Å². The molecular weight excluding hydrogens is 279 g/mol. The van der Waals surface area contributed by atoms with Crippen LogP contribution in [0.5, 0.6) is 0 Å². The van der Waals surface area contributed by atoms with Gasteiger partial charge in [-0.3, -0.25) is 4.90 Å². The lowest BCUT2D eigenvalue weighted by Gasteiger charge is -2.30. The molecule has 1 aliphatic rings. The number of hydrogen-bond acceptors (Lipinski definition) is 2. The van der Waals surface area contributed by atoms with E-state index < -0.39 is 0 Å². The summed E-state index contributed by atoms with van der Waals surface area (Å²) in [6.07, 6.45) is 1.21. The van der Waals surface area contributed by atoms with Gasteiger partial charge in [0.25, 0.3) is 0 Å². The second-order valence-corrected chi connectivity index (χ2v) is 6.47. The largest absolute Gasteiger partial charge is 0.315 e. The van der Waals surface area contributed by atoms with Crippen LogP contribution in [-0.4, -0.2) is 30.6 Å². The molecule has 1 heterocycles. The monoisotopic (exact) mass is 300 g/mol. The van der Waals surface area contributed by atoms with Crippen LogP contribution in [0.25, 0.3) is 0 Å². The van der Waals surface area contributed by atoms with E-state index in [2.05, 4.69) is 30.1 Å². The smallest absolute Gasteiger partial charge is 0.0637 e. The van der Waals surface area contributed by atoms with Gasteiger partial charge in [0.2, 0.25) is 0 Å². The Morgan fingerprint density at radius 2 is 2.16 bits per heavy atom. The summed E-state index contributed by atoms with van der Waals surface area (Å²) in [5.74, 6) is 0.651. The maximum absolute atomic E-state index is 6.31. The minimum atomic E-state index is 0.609. The van der Waals surface area contributed by atoms with Gasteiger partial charge in [0.15, 0.2) is 0 Å². The quantitative estimate of drug-likeness (QED) is 0.889. The van der Waals surface area contributed by atoms with Crippen molar-refractivity contribution in [1.82, 2.24) is 10.2 Å². The summed E-state index contributed by atoms with van der Waals surface area (Å²) in [6.45, 7) is 8.68. The average molecular weight is 301 g/mol. The molecule has 0 radical (unpaired) electrons. The maximum Gasteiger partial charge on any atom is 0.0637 e. The van der Waals surface area contributed by atoms with Gasteiger partial charge in [-0.05, 0) is 30.5 Å². The second-order valence-electron chi connectivity index (χ2n) is 5.68. The third kappa shape index (κ3) is 4.09. The summed E-state index contributed by atoms with van der Waals surface area (Å²) in [7, 11) is 0. The minimum Gasteiger partial charge on any atom is -0.315 e. The van der Waals surface area contributed by atoms with Crippen LogP contribution in [-0.2, 0) is 6.54 Å². The molecule has 1 aromatic carbocycles. The highest BCUT2D eigenvalue weighted by molar-refractivity contribution is 6.42. The predicted molar refractivity (Wildman–Crippen MR) is 83.0 cm³/mol. The number of nitrogens with one attached hydrogen (secondary N) is 1. The zero-order chi connectivity index (χ0) is 13.8. The Hall–Kier alpha value is -0.280. The van der Waals surface area contributed by atoms with Gasteiger partial charge in [0.1, 0.15) is 0 Å². The fraction of sp³-hybridized carbons (Fsp3) is 0.600. The Kier molecular flexibility index (Phi) is 5.52. The van der Waals surface area contributed by atoms with Gasteiger partial charge in [0, 0.05) is 25.7 Å². The van der Waals surface area contributed by atoms with Crippen molar-refractivity contribution in [1.29, 1.82) is 0 Å². The zero-order valence-corrected chi connectivity index (χ0v) is 13.1. The van der Waals surface area contributed by atoms with E-state index in [1.165, 1.54) is 6.42 Å². The lowest BCUT2D eigenvalue weighted by Crippen LogP contribution is -2.38. The molecule has 1 atom stereocenters. The molecule has 1 aliphatic heterocycles. The van der Waals surface area contributed by atoms with Gasteiger partial charge in [-0.25, -0.2) is 0 Å². The molecule has 0 spiro atoms. The van der Waals surface area contributed by atoms with Gasteiger partial charge in [-0.1, -0.05) is 49.2 Å². The van der Waals surface area contributed by atoms with Crippen LogP contribution in [0.1, 0.15) is 25.8 Å². The Balaban J connectivity index is 2.12. The van der Waals surface area contributed by atoms with Crippen LogP contribution in [0.15, 0.2) is 18.2 Å². The Bertz CT molecular complexity index is 415. The SMILES string of the molecule is CC(C)CN(Cc1cccc(Cl)c1Cl)[C@H]1CCNC1. The number of halogens is 2. The molecule has 4 heteroatoms. The highest BCUT2D eigenvalue weighted by Crippen LogP contribution is 2.27. The van der Waals surface area contributed by atoms with E-state index in [-0.39, 0.29) is 0 Å². The molecule has 0 bridgehead atoms. The van der Waals surface area contributed by atoms with Crippen molar-refractivity contribution in [3.63, 3.8) is 0 Å². The topological polar surface area (TPSA) is 15.3 Å². The Morgan fingerprint density at radius 1 is 1.37 bits per heavy atom. The number of hydrogen-bond donors (Lipinski definition) is 1. The van der Waals surface area contributed by atoms with Crippen molar-refractivity contribution in [3.05, 3.63) is 33.8 Å². The fourth-order valence-corrected chi connectivity index (χ4v) is 3.03. The standard InChI is InChI=1S/C15H22Cl2N2/c1-11(2)9-19(13-6-7-18-8-13)10-12-4-3-5-14(16)15(12)17/h3-5,11,13,18H,6-10H2,1-2H3/t13-/m0/s1. The minimum absolute atomic E-state index is 0.609. The van der Waals surface area contributed by atoms with Crippen molar-refractivity contribution < 1.29 is 0 Å². The third-order valence-electron chi connectivity index (χ3n) is 3.56. The molecule has 0 amide bonds. The van der Waals surface area contributed by atoms with Gasteiger partial charge in [-0.15, -0.1) is 0 Å². The van der Waals surface area contributed by atoms with Crippen molar-refractivity contribution in [2.45, 2.75) is 32.9 Å². The first-order valence-electron chi connectivity index (χ1n) is 6.95. The maximum atomic E-state index is 6.31. The molecule has 0 unspecified atom stereocenters. The van der Waals surface area contributed by atoms with Crippen molar-refractivity contribution >= 4 is 23.2 Å². The zero-order valence-electron chi connectivity index (χ0n) is 11.6. The van der Waals surface area contributed by atoms with E-state index in [0.29, 0.717) is 22.0 Å². The molecule has 2 rings (SSSR count). The summed E-state index contributed by atoms with van der Waals surface area (Å²) < 4.78 is 0. The molecule has 1 saturated heterocycles. The molecule has 1 aromatic rings. The lowest BCUT2D eigenvalue weighted by atomic mass is 10.1. The Labute approximate surface area is 126 Å². The van der Waals surface area contributed by atoms with E-state index in [0.717, 1.165) is 31.7 Å². The predicted octanol–water partition coefficient (Wildman–Crippen LogP) is 3.81. The van der Waals surface area contributed by atoms with Crippen LogP contribution in [0.2, 0.25) is 10.0 Å². The molecule has 0 aliphatic carbocycles. The van der Waals surface area contributed by atoms with Gasteiger partial charge in [0.05, 0.1) is 10.0 Å². The van der Waals surface area contributed by atoms with Crippen LogP contribution in [0.3, 0.4) is 0 Å². The van der Waals surface area contributed by atoms with E-state index >= 15 is 0 Å². The first-order chi connectivity index (χ1) is 9.08. The average Bonchev–Trinajstić information content (AvgIpc) is 2.87. The summed E-state index contributed by atoms with van der Waals surface area (Å²) in [6, 6.07) is 6.50. The molecule has 106 valence electrons. The van der Waals surface area contributed by atoms with E-state index in [9.17, 15) is 0 Å². The van der Waals surface area contributed by atoms with Crippen molar-refractivity contribution in [2.24, 2.45) is 5.92 Å². The first-order valence-corrected chi connectivity index (χ1v) is 7.71. The van der Waals surface area contributed by atoms with Crippen LogP contribution in [0, 0.1) is 5.92 Å². The summed E-state index contributed by atoms with van der Waals surface area (Å²) in [5, 5.41) is 4.78.